The Morgan fingerprint density at radius 3 is 2.39 bits per heavy atom. The maximum Gasteiger partial charge on any atom is 0.314 e. The third-order valence-electron chi connectivity index (χ3n) is 3.73. The minimum atomic E-state index is -0.357. The lowest BCUT2D eigenvalue weighted by molar-refractivity contribution is 0.101. The van der Waals surface area contributed by atoms with E-state index in [1.807, 2.05) is 0 Å². The summed E-state index contributed by atoms with van der Waals surface area (Å²) in [6, 6.07) is -0.106. The minimum Gasteiger partial charge on any atom is -0.393 e. The van der Waals surface area contributed by atoms with Crippen molar-refractivity contribution in [3.05, 3.63) is 0 Å². The van der Waals surface area contributed by atoms with E-state index in [-0.39, 0.29) is 12.1 Å². The molecule has 0 bridgehead atoms. The molecule has 106 valence electrons. The first-order valence-electron chi connectivity index (χ1n) is 7.13. The van der Waals surface area contributed by atoms with Gasteiger partial charge in [-0.05, 0) is 43.9 Å². The predicted octanol–water partition coefficient (Wildman–Crippen LogP) is 2.27. The molecule has 0 aromatic carbocycles. The fourth-order valence-corrected chi connectivity index (χ4v) is 2.72. The molecule has 0 heterocycles. The zero-order chi connectivity index (χ0) is 13.6. The highest BCUT2D eigenvalue weighted by molar-refractivity contribution is 5.73. The molecule has 1 saturated carbocycles. The highest BCUT2D eigenvalue weighted by atomic mass is 16.3. The molecule has 1 fully saturated rings. The van der Waals surface area contributed by atoms with E-state index in [1.165, 1.54) is 25.7 Å². The normalized spacial score (nSPS) is 19.2. The minimum absolute atomic E-state index is 0.106. The standard InChI is InChI=1S/C14H28N2O2/c1-11(2)9-14(6-4-7-14)10-16-13(18)15-8-5-12(3)17/h11-12,17H,4-10H2,1-3H3,(H2,15,16,18). The molecule has 0 aromatic rings. The number of amides is 2. The molecule has 0 saturated heterocycles. The molecular weight excluding hydrogens is 228 g/mol. The molecular formula is C14H28N2O2. The van der Waals surface area contributed by atoms with Crippen molar-refractivity contribution in [3.8, 4) is 0 Å². The van der Waals surface area contributed by atoms with Gasteiger partial charge in [0, 0.05) is 13.1 Å². The van der Waals surface area contributed by atoms with Crippen LogP contribution in [0.15, 0.2) is 0 Å². The van der Waals surface area contributed by atoms with Gasteiger partial charge in [0.05, 0.1) is 6.10 Å². The first-order valence-corrected chi connectivity index (χ1v) is 7.13. The zero-order valence-corrected chi connectivity index (χ0v) is 12.0. The molecule has 4 heteroatoms. The summed E-state index contributed by atoms with van der Waals surface area (Å²) < 4.78 is 0. The molecule has 1 aliphatic rings. The van der Waals surface area contributed by atoms with E-state index in [2.05, 4.69) is 24.5 Å². The summed E-state index contributed by atoms with van der Waals surface area (Å²) in [5, 5.41) is 14.8. The summed E-state index contributed by atoms with van der Waals surface area (Å²) in [5.41, 5.74) is 0.343. The summed E-state index contributed by atoms with van der Waals surface area (Å²) in [7, 11) is 0. The molecule has 0 spiro atoms. The van der Waals surface area contributed by atoms with E-state index in [4.69, 9.17) is 5.11 Å². The van der Waals surface area contributed by atoms with Crippen molar-refractivity contribution < 1.29 is 9.90 Å². The molecule has 1 rings (SSSR count). The van der Waals surface area contributed by atoms with Gasteiger partial charge in [-0.25, -0.2) is 4.79 Å². The van der Waals surface area contributed by atoms with Gasteiger partial charge in [-0.1, -0.05) is 20.3 Å². The van der Waals surface area contributed by atoms with Crippen molar-refractivity contribution in [2.24, 2.45) is 11.3 Å². The molecule has 4 nitrogen and oxygen atoms in total. The lowest BCUT2D eigenvalue weighted by Gasteiger charge is -2.43. The van der Waals surface area contributed by atoms with Crippen molar-refractivity contribution in [1.82, 2.24) is 10.6 Å². The Labute approximate surface area is 111 Å². The van der Waals surface area contributed by atoms with Crippen LogP contribution in [-0.4, -0.2) is 30.3 Å². The first-order chi connectivity index (χ1) is 8.43. The number of hydrogen-bond donors (Lipinski definition) is 3. The van der Waals surface area contributed by atoms with Crippen molar-refractivity contribution in [1.29, 1.82) is 0 Å². The lowest BCUT2D eigenvalue weighted by Crippen LogP contribution is -2.46. The Bertz CT molecular complexity index is 261. The van der Waals surface area contributed by atoms with Crippen LogP contribution >= 0.6 is 0 Å². The number of urea groups is 1. The van der Waals surface area contributed by atoms with Crippen LogP contribution in [-0.2, 0) is 0 Å². The lowest BCUT2D eigenvalue weighted by atomic mass is 9.64. The second-order valence-electron chi connectivity index (χ2n) is 6.20. The first kappa shape index (κ1) is 15.3. The number of nitrogens with one attached hydrogen (secondary N) is 2. The monoisotopic (exact) mass is 256 g/mol. The second-order valence-corrected chi connectivity index (χ2v) is 6.20. The quantitative estimate of drug-likeness (QED) is 0.654. The molecule has 0 aromatic heterocycles. The van der Waals surface area contributed by atoms with Gasteiger partial charge in [-0.2, -0.15) is 0 Å². The third kappa shape index (κ3) is 5.25. The Kier molecular flexibility index (Phi) is 5.93. The molecule has 18 heavy (non-hydrogen) atoms. The van der Waals surface area contributed by atoms with Crippen molar-refractivity contribution in [3.63, 3.8) is 0 Å². The van der Waals surface area contributed by atoms with Crippen LogP contribution in [0, 0.1) is 11.3 Å². The van der Waals surface area contributed by atoms with Crippen LogP contribution in [0.2, 0.25) is 0 Å². The third-order valence-corrected chi connectivity index (χ3v) is 3.73. The summed E-state index contributed by atoms with van der Waals surface area (Å²) >= 11 is 0. The zero-order valence-electron chi connectivity index (χ0n) is 12.0. The van der Waals surface area contributed by atoms with Gasteiger partial charge in [-0.15, -0.1) is 0 Å². The highest BCUT2D eigenvalue weighted by Gasteiger charge is 2.37. The predicted molar refractivity (Wildman–Crippen MR) is 73.4 cm³/mol. The van der Waals surface area contributed by atoms with E-state index in [9.17, 15) is 4.79 Å². The molecule has 0 radical (unpaired) electrons. The van der Waals surface area contributed by atoms with Crippen molar-refractivity contribution in [2.75, 3.05) is 13.1 Å². The van der Waals surface area contributed by atoms with Gasteiger partial charge in [0.25, 0.3) is 0 Å². The van der Waals surface area contributed by atoms with E-state index in [0.29, 0.717) is 24.3 Å². The number of aliphatic hydroxyl groups is 1. The summed E-state index contributed by atoms with van der Waals surface area (Å²) in [4.78, 5) is 11.6. The van der Waals surface area contributed by atoms with Gasteiger partial charge in [0.2, 0.25) is 0 Å². The maximum absolute atomic E-state index is 11.6. The molecule has 2 amide bonds. The molecule has 1 unspecified atom stereocenters. The number of rotatable bonds is 7. The fourth-order valence-electron chi connectivity index (χ4n) is 2.72. The Hall–Kier alpha value is -0.770. The number of carbonyl (C=O) groups is 1. The van der Waals surface area contributed by atoms with E-state index >= 15 is 0 Å². The topological polar surface area (TPSA) is 61.4 Å². The Balaban J connectivity index is 2.20. The van der Waals surface area contributed by atoms with Gasteiger partial charge in [0.15, 0.2) is 0 Å². The Morgan fingerprint density at radius 2 is 1.94 bits per heavy atom. The van der Waals surface area contributed by atoms with Crippen LogP contribution in [0.3, 0.4) is 0 Å². The highest BCUT2D eigenvalue weighted by Crippen LogP contribution is 2.45. The van der Waals surface area contributed by atoms with E-state index < -0.39 is 0 Å². The van der Waals surface area contributed by atoms with Crippen LogP contribution in [0.5, 0.6) is 0 Å². The average molecular weight is 256 g/mol. The summed E-state index contributed by atoms with van der Waals surface area (Å²) in [5.74, 6) is 0.686. The largest absolute Gasteiger partial charge is 0.393 e. The van der Waals surface area contributed by atoms with E-state index in [0.717, 1.165) is 6.54 Å². The van der Waals surface area contributed by atoms with Crippen LogP contribution in [0.25, 0.3) is 0 Å². The molecule has 1 atom stereocenters. The molecule has 3 N–H and O–H groups in total. The van der Waals surface area contributed by atoms with Crippen LogP contribution in [0.4, 0.5) is 4.79 Å². The number of carbonyl (C=O) groups excluding carboxylic acids is 1. The Morgan fingerprint density at radius 1 is 1.28 bits per heavy atom. The van der Waals surface area contributed by atoms with Crippen molar-refractivity contribution in [2.45, 2.75) is 59.0 Å². The van der Waals surface area contributed by atoms with Gasteiger partial charge >= 0.3 is 6.03 Å². The van der Waals surface area contributed by atoms with Gasteiger partial charge < -0.3 is 15.7 Å². The van der Waals surface area contributed by atoms with Crippen LogP contribution in [0.1, 0.15) is 52.9 Å². The van der Waals surface area contributed by atoms with Gasteiger partial charge in [-0.3, -0.25) is 0 Å². The van der Waals surface area contributed by atoms with Gasteiger partial charge in [0.1, 0.15) is 0 Å². The number of aliphatic hydroxyl groups excluding tert-OH is 1. The maximum atomic E-state index is 11.6. The summed E-state index contributed by atoms with van der Waals surface area (Å²) in [6.45, 7) is 7.52. The van der Waals surface area contributed by atoms with Crippen molar-refractivity contribution >= 4 is 6.03 Å². The molecule has 0 aliphatic heterocycles. The van der Waals surface area contributed by atoms with Crippen LogP contribution < -0.4 is 10.6 Å². The fraction of sp³-hybridized carbons (Fsp3) is 0.929. The second kappa shape index (κ2) is 6.98. The number of hydrogen-bond acceptors (Lipinski definition) is 2. The summed E-state index contributed by atoms with van der Waals surface area (Å²) in [6.07, 6.45) is 5.20. The SMILES string of the molecule is CC(C)CC1(CNC(=O)NCCC(C)O)CCC1. The molecule has 1 aliphatic carbocycles. The van der Waals surface area contributed by atoms with E-state index in [1.54, 1.807) is 6.92 Å². The smallest absolute Gasteiger partial charge is 0.314 e. The average Bonchev–Trinajstić information content (AvgIpc) is 2.20.